The lowest BCUT2D eigenvalue weighted by Crippen LogP contribution is -2.68. The van der Waals surface area contributed by atoms with Gasteiger partial charge in [0.15, 0.2) is 0 Å². The minimum Gasteiger partial charge on any atom is -0.332 e. The molecule has 0 aromatic rings. The van der Waals surface area contributed by atoms with Gasteiger partial charge < -0.3 is 4.74 Å². The van der Waals surface area contributed by atoms with Gasteiger partial charge in [-0.2, -0.15) is 8.78 Å². The van der Waals surface area contributed by atoms with E-state index in [9.17, 15) is 8.78 Å². The molecule has 0 fully saturated rings. The molecule has 0 aliphatic rings. The van der Waals surface area contributed by atoms with Gasteiger partial charge >= 0.3 is 11.5 Å². The van der Waals surface area contributed by atoms with Crippen molar-refractivity contribution in [3.05, 3.63) is 0 Å². The number of rotatable bonds is 10. The summed E-state index contributed by atoms with van der Waals surface area (Å²) in [6.45, 7) is 8.13. The number of halogens is 6. The second-order valence-corrected chi connectivity index (χ2v) is 8.55. The van der Waals surface area contributed by atoms with Gasteiger partial charge in [0.1, 0.15) is 0 Å². The average Bonchev–Trinajstić information content (AvgIpc) is 2.51. The van der Waals surface area contributed by atoms with Crippen LogP contribution in [0.3, 0.4) is 0 Å². The zero-order valence-electron chi connectivity index (χ0n) is 15.7. The molecule has 0 rings (SSSR count). The largest absolute Gasteiger partial charge is 0.332 e. The van der Waals surface area contributed by atoms with Crippen LogP contribution in [0.1, 0.15) is 67.2 Å². The van der Waals surface area contributed by atoms with Gasteiger partial charge in [-0.1, -0.05) is 53.1 Å². The first-order valence-electron chi connectivity index (χ1n) is 8.36. The van der Waals surface area contributed by atoms with Crippen molar-refractivity contribution in [1.82, 2.24) is 0 Å². The van der Waals surface area contributed by atoms with Crippen molar-refractivity contribution in [1.29, 1.82) is 0 Å². The van der Waals surface area contributed by atoms with Gasteiger partial charge in [-0.3, -0.25) is 0 Å². The van der Waals surface area contributed by atoms with Crippen LogP contribution in [0.15, 0.2) is 0 Å². The number of hydrogen-bond acceptors (Lipinski definition) is 1. The molecule has 0 saturated heterocycles. The lowest BCUT2D eigenvalue weighted by molar-refractivity contribution is -0.362. The molecule has 152 valence electrons. The lowest BCUT2D eigenvalue weighted by Gasteiger charge is -2.51. The van der Waals surface area contributed by atoms with E-state index in [4.69, 9.17) is 4.74 Å². The van der Waals surface area contributed by atoms with Gasteiger partial charge in [-0.15, -0.1) is 0 Å². The Labute approximate surface area is 151 Å². The fourth-order valence-electron chi connectivity index (χ4n) is 2.45. The predicted molar refractivity (Wildman–Crippen MR) is 95.8 cm³/mol. The summed E-state index contributed by atoms with van der Waals surface area (Å²) < 4.78 is 93.6. The summed E-state index contributed by atoms with van der Waals surface area (Å²) in [6.07, 6.45) is -0.371. The summed E-state index contributed by atoms with van der Waals surface area (Å²) in [4.78, 5) is 0. The Morgan fingerprint density at radius 2 is 1.08 bits per heavy atom. The minimum atomic E-state index is -4.58. The predicted octanol–water partition coefficient (Wildman–Crippen LogP) is 6.72. The number of alkyl halides is 6. The summed E-state index contributed by atoms with van der Waals surface area (Å²) >= 11 is 0. The summed E-state index contributed by atoms with van der Waals surface area (Å²) in [5.41, 5.74) is -8.15. The van der Waals surface area contributed by atoms with Gasteiger partial charge in [0.25, 0.3) is 11.3 Å². The van der Waals surface area contributed by atoms with Crippen LogP contribution in [-0.2, 0) is 4.74 Å². The van der Waals surface area contributed by atoms with Crippen LogP contribution in [0.5, 0.6) is 0 Å². The molecule has 0 radical (unpaired) electrons. The highest BCUT2D eigenvalue weighted by atomic mass is 31.0. The SMILES string of the molecule is CCC(C)(CC)OC(F)(C(F)(F)P)C(F)(P)C(F)(F)C(C)(CC)CC. The third-order valence-electron chi connectivity index (χ3n) is 5.56. The van der Waals surface area contributed by atoms with Crippen LogP contribution in [0.4, 0.5) is 26.3 Å². The molecular formula is C16H30F6OP2. The molecule has 0 aliphatic heterocycles. The van der Waals surface area contributed by atoms with E-state index in [0.29, 0.717) is 0 Å². The van der Waals surface area contributed by atoms with E-state index >= 15 is 17.6 Å². The van der Waals surface area contributed by atoms with Crippen LogP contribution in [0.2, 0.25) is 0 Å². The molecule has 0 amide bonds. The minimum absolute atomic E-state index is 0.0427. The molecule has 0 aliphatic carbocycles. The Hall–Kier alpha value is 0.400. The van der Waals surface area contributed by atoms with E-state index in [1.54, 1.807) is 0 Å². The number of hydrogen-bond donors (Lipinski definition) is 0. The van der Waals surface area contributed by atoms with Crippen molar-refractivity contribution in [3.8, 4) is 0 Å². The van der Waals surface area contributed by atoms with Crippen molar-refractivity contribution in [2.45, 2.75) is 95.7 Å². The summed E-state index contributed by atoms with van der Waals surface area (Å²) in [5, 5.41) is -4.35. The third kappa shape index (κ3) is 4.14. The van der Waals surface area contributed by atoms with Gasteiger partial charge in [-0.25, -0.2) is 17.6 Å². The van der Waals surface area contributed by atoms with E-state index < -0.39 is 33.9 Å². The zero-order chi connectivity index (χ0) is 20.5. The molecule has 0 aromatic heterocycles. The van der Waals surface area contributed by atoms with Gasteiger partial charge in [0.2, 0.25) is 0 Å². The van der Waals surface area contributed by atoms with E-state index in [-0.39, 0.29) is 25.7 Å². The maximum absolute atomic E-state index is 15.4. The molecular weight excluding hydrogens is 384 g/mol. The third-order valence-corrected chi connectivity index (χ3v) is 6.66. The fourth-order valence-corrected chi connectivity index (χ4v) is 3.49. The van der Waals surface area contributed by atoms with Crippen LogP contribution in [0.25, 0.3) is 0 Å². The highest BCUT2D eigenvalue weighted by Crippen LogP contribution is 2.63. The normalized spacial score (nSPS) is 19.4. The molecule has 0 N–H and O–H groups in total. The van der Waals surface area contributed by atoms with E-state index in [1.807, 2.05) is 0 Å². The fraction of sp³-hybridized carbons (Fsp3) is 1.00. The average molecular weight is 414 g/mol. The lowest BCUT2D eigenvalue weighted by atomic mass is 9.74. The Kier molecular flexibility index (Phi) is 7.92. The summed E-state index contributed by atoms with van der Waals surface area (Å²) in [7, 11) is 1.77. The molecule has 0 bridgehead atoms. The highest BCUT2D eigenvalue weighted by Gasteiger charge is 2.79. The van der Waals surface area contributed by atoms with Crippen molar-refractivity contribution in [3.63, 3.8) is 0 Å². The van der Waals surface area contributed by atoms with Gasteiger partial charge in [-0.05, 0) is 32.6 Å². The van der Waals surface area contributed by atoms with Crippen LogP contribution < -0.4 is 0 Å². The topological polar surface area (TPSA) is 9.23 Å². The molecule has 1 nitrogen and oxygen atoms in total. The molecule has 4 atom stereocenters. The Morgan fingerprint density at radius 1 is 0.720 bits per heavy atom. The molecule has 0 saturated carbocycles. The van der Waals surface area contributed by atoms with Crippen molar-refractivity contribution < 1.29 is 31.1 Å². The summed E-state index contributed by atoms with van der Waals surface area (Å²) in [6, 6.07) is 0. The molecule has 9 heteroatoms. The van der Waals surface area contributed by atoms with Crippen molar-refractivity contribution in [2.24, 2.45) is 5.41 Å². The van der Waals surface area contributed by atoms with E-state index in [2.05, 4.69) is 0 Å². The maximum Gasteiger partial charge on any atom is 0.320 e. The standard InChI is InChI=1S/C16H30F6OP2/c1-7-11(5,8-2)13(17,18)15(20,24)14(19,16(21,22)25)23-12(6,9-3)10-4/h7-10,24-25H2,1-6H3. The Bertz CT molecular complexity index is 444. The first kappa shape index (κ1) is 25.4. The maximum atomic E-state index is 15.4. The molecule has 0 heterocycles. The molecule has 25 heavy (non-hydrogen) atoms. The van der Waals surface area contributed by atoms with Crippen LogP contribution in [-0.4, -0.2) is 28.5 Å². The highest BCUT2D eigenvalue weighted by molar-refractivity contribution is 7.20. The van der Waals surface area contributed by atoms with E-state index in [1.165, 1.54) is 34.6 Å². The van der Waals surface area contributed by atoms with E-state index in [0.717, 1.165) is 25.4 Å². The monoisotopic (exact) mass is 414 g/mol. The first-order chi connectivity index (χ1) is 10.9. The first-order valence-corrected chi connectivity index (χ1v) is 9.52. The molecule has 0 aromatic carbocycles. The van der Waals surface area contributed by atoms with Crippen LogP contribution in [0, 0.1) is 5.41 Å². The quantitative estimate of drug-likeness (QED) is 0.285. The van der Waals surface area contributed by atoms with Crippen molar-refractivity contribution >= 4 is 18.5 Å². The smallest absolute Gasteiger partial charge is 0.320 e. The van der Waals surface area contributed by atoms with Crippen LogP contribution >= 0.6 is 18.5 Å². The number of ether oxygens (including phenoxy) is 1. The second-order valence-electron chi connectivity index (χ2n) is 7.03. The summed E-state index contributed by atoms with van der Waals surface area (Å²) in [5.74, 6) is -9.00. The molecule has 0 spiro atoms. The van der Waals surface area contributed by atoms with Gasteiger partial charge in [0, 0.05) is 5.41 Å². The Morgan fingerprint density at radius 3 is 1.32 bits per heavy atom. The second kappa shape index (κ2) is 7.80. The van der Waals surface area contributed by atoms with Crippen molar-refractivity contribution in [2.75, 3.05) is 0 Å². The zero-order valence-corrected chi connectivity index (χ0v) is 18.0. The Balaban J connectivity index is 6.47. The molecule has 4 unspecified atom stereocenters. The van der Waals surface area contributed by atoms with Gasteiger partial charge in [0.05, 0.1) is 5.60 Å².